The van der Waals surface area contributed by atoms with Gasteiger partial charge in [0.15, 0.2) is 11.8 Å². The molecule has 2 aliphatic rings. The topological polar surface area (TPSA) is 128 Å². The molecule has 3 rings (SSSR count). The molecule has 0 aromatic heterocycles. The minimum absolute atomic E-state index is 0.0629. The summed E-state index contributed by atoms with van der Waals surface area (Å²) in [5.41, 5.74) is 0.878. The Hall–Kier alpha value is -1.61. The number of amides is 2. The molecule has 0 aliphatic carbocycles. The van der Waals surface area contributed by atoms with E-state index in [1.54, 1.807) is 0 Å². The minimum Gasteiger partial charge on any atom is -0.495 e. The first-order valence-electron chi connectivity index (χ1n) is 17.5. The fourth-order valence-electron chi connectivity index (χ4n) is 5.64. The number of nitrogens with one attached hydrogen (secondary N) is 2. The van der Waals surface area contributed by atoms with Gasteiger partial charge >= 0.3 is 5.79 Å². The molecule has 2 atom stereocenters. The van der Waals surface area contributed by atoms with Gasteiger partial charge in [-0.25, -0.2) is 0 Å². The molecule has 2 heterocycles. The van der Waals surface area contributed by atoms with Crippen molar-refractivity contribution in [1.29, 1.82) is 0 Å². The number of oxime groups is 1. The molecule has 50 heavy (non-hydrogen) atoms. The van der Waals surface area contributed by atoms with E-state index in [1.165, 1.54) is 64.7 Å². The summed E-state index contributed by atoms with van der Waals surface area (Å²) in [5, 5.41) is 20.5. The Morgan fingerprint density at radius 3 is 2.24 bits per heavy atom. The molecule has 3 N–H and O–H groups in total. The molecule has 2 aliphatic heterocycles. The number of ether oxygens (including phenoxy) is 3. The number of hydrogen-bond acceptors (Lipinski definition) is 8. The lowest BCUT2D eigenvalue weighted by molar-refractivity contribution is -0.225. The normalized spacial score (nSPS) is 18.7. The Balaban J connectivity index is 1.28. The Bertz CT molecular complexity index is 1350. The van der Waals surface area contributed by atoms with Crippen molar-refractivity contribution in [2.24, 2.45) is 11.1 Å². The zero-order chi connectivity index (χ0) is 36.5. The highest BCUT2D eigenvalue weighted by Gasteiger charge is 2.54. The van der Waals surface area contributed by atoms with Gasteiger partial charge in [-0.3, -0.25) is 9.59 Å². The quantitative estimate of drug-likeness (QED) is 0.0991. The number of carbonyl (C=O) groups is 2. The van der Waals surface area contributed by atoms with E-state index in [1.807, 2.05) is 12.1 Å². The lowest BCUT2D eigenvalue weighted by atomic mass is 10.0. The number of aliphatic hydroxyl groups is 1. The molecule has 2 amide bonds. The third-order valence-corrected chi connectivity index (χ3v) is 10.8. The third kappa shape index (κ3) is 13.7. The zero-order valence-electron chi connectivity index (χ0n) is 29.3. The van der Waals surface area contributed by atoms with E-state index in [9.17, 15) is 14.7 Å². The molecule has 14 heteroatoms. The van der Waals surface area contributed by atoms with E-state index in [0.717, 1.165) is 33.3 Å². The first-order chi connectivity index (χ1) is 24.0. The summed E-state index contributed by atoms with van der Waals surface area (Å²) < 4.78 is 19.7. The van der Waals surface area contributed by atoms with Crippen LogP contribution in [0.4, 0.5) is 0 Å². The molecular weight excluding hydrogens is 906 g/mol. The predicted octanol–water partition coefficient (Wildman–Crippen LogP) is 9.06. The fraction of sp³-hybridized carbons (Fsp3) is 0.639. The van der Waals surface area contributed by atoms with Crippen LogP contribution in [0.1, 0.15) is 103 Å². The van der Waals surface area contributed by atoms with Crippen LogP contribution in [0.3, 0.4) is 0 Å². The van der Waals surface area contributed by atoms with Crippen molar-refractivity contribution in [2.75, 3.05) is 26.8 Å². The molecular formula is C36H51Br4N3O7. The van der Waals surface area contributed by atoms with Crippen LogP contribution >= 0.6 is 63.7 Å². The highest BCUT2D eigenvalue weighted by Crippen LogP contribution is 2.41. The SMILES string of the molecule is COC1=C(Br)C[C@]2(OC=C1Br)ON=C(C(=O)NCCCOc1c(Br)cc(CCNC(=O)CCCCCCCCCCCC(C)C)cc1Br)[C@@H]2O. The van der Waals surface area contributed by atoms with E-state index in [-0.39, 0.29) is 24.6 Å². The van der Waals surface area contributed by atoms with Gasteiger partial charge in [0.05, 0.1) is 33.6 Å². The van der Waals surface area contributed by atoms with Crippen molar-refractivity contribution < 1.29 is 33.7 Å². The molecule has 0 saturated carbocycles. The third-order valence-electron chi connectivity index (χ3n) is 8.47. The molecule has 1 spiro atoms. The van der Waals surface area contributed by atoms with Gasteiger partial charge in [0, 0.05) is 24.0 Å². The second-order valence-electron chi connectivity index (χ2n) is 13.0. The number of rotatable bonds is 22. The highest BCUT2D eigenvalue weighted by atomic mass is 79.9. The fourth-order valence-corrected chi connectivity index (χ4v) is 8.68. The van der Waals surface area contributed by atoms with Crippen LogP contribution in [0.2, 0.25) is 0 Å². The van der Waals surface area contributed by atoms with Crippen LogP contribution in [0.25, 0.3) is 0 Å². The number of methoxy groups -OCH3 is 1. The molecule has 0 unspecified atom stereocenters. The van der Waals surface area contributed by atoms with E-state index in [2.05, 4.69) is 93.4 Å². The lowest BCUT2D eigenvalue weighted by Crippen LogP contribution is -2.49. The van der Waals surface area contributed by atoms with Crippen LogP contribution in [0, 0.1) is 5.92 Å². The number of halogens is 4. The molecule has 0 radical (unpaired) electrons. The maximum absolute atomic E-state index is 12.8. The zero-order valence-corrected chi connectivity index (χ0v) is 35.6. The molecule has 1 aromatic rings. The van der Waals surface area contributed by atoms with Crippen molar-refractivity contribution in [3.63, 3.8) is 0 Å². The molecule has 0 saturated heterocycles. The van der Waals surface area contributed by atoms with Crippen molar-refractivity contribution in [2.45, 2.75) is 116 Å². The number of allylic oxidation sites excluding steroid dienone is 1. The average molecular weight is 957 g/mol. The first kappa shape index (κ1) is 42.8. The summed E-state index contributed by atoms with van der Waals surface area (Å²) in [6.07, 6.45) is 14.3. The largest absolute Gasteiger partial charge is 0.495 e. The number of benzene rings is 1. The lowest BCUT2D eigenvalue weighted by Gasteiger charge is -2.27. The monoisotopic (exact) mass is 953 g/mol. The summed E-state index contributed by atoms with van der Waals surface area (Å²) >= 11 is 14.0. The predicted molar refractivity (Wildman–Crippen MR) is 210 cm³/mol. The van der Waals surface area contributed by atoms with Crippen molar-refractivity contribution in [3.8, 4) is 5.75 Å². The van der Waals surface area contributed by atoms with Gasteiger partial charge in [0.1, 0.15) is 17.8 Å². The van der Waals surface area contributed by atoms with Crippen molar-refractivity contribution in [3.05, 3.63) is 47.6 Å². The molecule has 280 valence electrons. The smallest absolute Gasteiger partial charge is 0.311 e. The Morgan fingerprint density at radius 1 is 0.960 bits per heavy atom. The molecule has 10 nitrogen and oxygen atoms in total. The van der Waals surface area contributed by atoms with Crippen LogP contribution in [0.5, 0.6) is 5.75 Å². The van der Waals surface area contributed by atoms with Crippen LogP contribution in [-0.2, 0) is 30.3 Å². The van der Waals surface area contributed by atoms with E-state index >= 15 is 0 Å². The first-order valence-corrected chi connectivity index (χ1v) is 20.7. The number of nitrogens with zero attached hydrogens (tertiary/aromatic N) is 1. The summed E-state index contributed by atoms with van der Waals surface area (Å²) in [5.74, 6) is -0.111. The van der Waals surface area contributed by atoms with Crippen LogP contribution in [-0.4, -0.2) is 61.3 Å². The summed E-state index contributed by atoms with van der Waals surface area (Å²) in [7, 11) is 1.51. The summed E-state index contributed by atoms with van der Waals surface area (Å²) in [6.45, 7) is 5.78. The minimum atomic E-state index is -1.60. The van der Waals surface area contributed by atoms with E-state index in [0.29, 0.717) is 52.9 Å². The molecule has 1 aromatic carbocycles. The maximum atomic E-state index is 12.8. The standard InChI is InChI=1S/C36H51Br4N3O7/c1-24(2)14-11-9-7-5-4-6-8-10-12-15-30(44)41-18-16-25-20-26(37)33(27(38)21-25)48-19-13-17-42-35(46)31-34(45)36(50-43-31)22-28(39)32(47-3)29(40)23-49-36/h20-21,23-24,34,45H,4-19,22H2,1-3H3,(H,41,44)(H,42,46)/t34-,36-/m0/s1. The number of carbonyl (C=O) groups excluding carboxylic acids is 2. The number of unbranched alkanes of at least 4 members (excludes halogenated alkanes) is 8. The Labute approximate surface area is 330 Å². The second kappa shape index (κ2) is 22.5. The average Bonchev–Trinajstić information content (AvgIpc) is 3.31. The van der Waals surface area contributed by atoms with Crippen molar-refractivity contribution in [1.82, 2.24) is 10.6 Å². The van der Waals surface area contributed by atoms with Crippen molar-refractivity contribution >= 4 is 81.2 Å². The number of hydrogen-bond donors (Lipinski definition) is 3. The van der Waals surface area contributed by atoms with Gasteiger partial charge in [0.2, 0.25) is 5.91 Å². The van der Waals surface area contributed by atoms with Gasteiger partial charge < -0.3 is 34.8 Å². The maximum Gasteiger partial charge on any atom is 0.311 e. The molecule has 0 bridgehead atoms. The van der Waals surface area contributed by atoms with Crippen LogP contribution in [0.15, 0.2) is 47.2 Å². The second-order valence-corrected chi connectivity index (χ2v) is 16.6. The van der Waals surface area contributed by atoms with E-state index in [4.69, 9.17) is 19.0 Å². The van der Waals surface area contributed by atoms with Gasteiger partial charge in [-0.1, -0.05) is 92.7 Å². The summed E-state index contributed by atoms with van der Waals surface area (Å²) in [6, 6.07) is 3.97. The Kier molecular flexibility index (Phi) is 19.2. The van der Waals surface area contributed by atoms with Gasteiger partial charge in [-0.2, -0.15) is 0 Å². The Morgan fingerprint density at radius 2 is 1.60 bits per heavy atom. The summed E-state index contributed by atoms with van der Waals surface area (Å²) in [4.78, 5) is 30.6. The van der Waals surface area contributed by atoms with E-state index < -0.39 is 17.8 Å². The number of aliphatic hydroxyl groups excluding tert-OH is 1. The van der Waals surface area contributed by atoms with Crippen LogP contribution < -0.4 is 15.4 Å². The van der Waals surface area contributed by atoms with Gasteiger partial charge in [0.25, 0.3) is 5.91 Å². The molecule has 0 fully saturated rings. The van der Waals surface area contributed by atoms with Gasteiger partial charge in [-0.05, 0) is 90.7 Å². The van der Waals surface area contributed by atoms with Gasteiger partial charge in [-0.15, -0.1) is 0 Å². The highest BCUT2D eigenvalue weighted by molar-refractivity contribution is 9.12.